The summed E-state index contributed by atoms with van der Waals surface area (Å²) >= 11 is 0. The average Bonchev–Trinajstić information content (AvgIpc) is 2.89. The van der Waals surface area contributed by atoms with Crippen LogP contribution >= 0.6 is 0 Å². The molecule has 0 fully saturated rings. The molecule has 0 aliphatic rings. The Morgan fingerprint density at radius 1 is 1.40 bits per heavy atom. The molecule has 104 valence electrons. The van der Waals surface area contributed by atoms with Gasteiger partial charge in [0.25, 0.3) is 0 Å². The first-order valence-electron chi connectivity index (χ1n) is 6.02. The van der Waals surface area contributed by atoms with Crippen LogP contribution in [0.4, 0.5) is 5.82 Å². The molecule has 7 heteroatoms. The first kappa shape index (κ1) is 13.7. The maximum absolute atomic E-state index is 11.3. The third kappa shape index (κ3) is 3.19. The highest BCUT2D eigenvalue weighted by atomic mass is 16.6. The summed E-state index contributed by atoms with van der Waals surface area (Å²) in [6.07, 6.45) is 3.24. The number of rotatable bonds is 6. The minimum atomic E-state index is -1.03. The largest absolute Gasteiger partial charge is 0.480 e. The van der Waals surface area contributed by atoms with E-state index in [1.165, 1.54) is 10.9 Å². The monoisotopic (exact) mass is 275 g/mol. The molecule has 0 spiro atoms. The van der Waals surface area contributed by atoms with E-state index in [2.05, 4.69) is 4.98 Å². The zero-order valence-corrected chi connectivity index (χ0v) is 10.5. The van der Waals surface area contributed by atoms with Crippen LogP contribution in [0, 0.1) is 10.1 Å². The van der Waals surface area contributed by atoms with Crippen molar-refractivity contribution in [3.63, 3.8) is 0 Å². The number of imidazole rings is 1. The number of aryl methyl sites for hydroxylation is 1. The van der Waals surface area contributed by atoms with Crippen molar-refractivity contribution >= 4 is 11.8 Å². The number of nitrogens with zero attached hydrogens (tertiary/aromatic N) is 3. The van der Waals surface area contributed by atoms with Crippen LogP contribution in [0.15, 0.2) is 42.9 Å². The van der Waals surface area contributed by atoms with Gasteiger partial charge in [-0.15, -0.1) is 0 Å². The molecule has 0 saturated heterocycles. The Balaban J connectivity index is 2.10. The lowest BCUT2D eigenvalue weighted by Gasteiger charge is -2.12. The number of benzene rings is 1. The van der Waals surface area contributed by atoms with Gasteiger partial charge in [0.15, 0.2) is 0 Å². The molecule has 0 aliphatic carbocycles. The van der Waals surface area contributed by atoms with E-state index in [9.17, 15) is 20.0 Å². The lowest BCUT2D eigenvalue weighted by molar-refractivity contribution is -0.389. The van der Waals surface area contributed by atoms with Crippen LogP contribution in [0.25, 0.3) is 0 Å². The summed E-state index contributed by atoms with van der Waals surface area (Å²) in [6.45, 7) is 0. The summed E-state index contributed by atoms with van der Waals surface area (Å²) in [5, 5.41) is 19.8. The Hall–Kier alpha value is -2.70. The van der Waals surface area contributed by atoms with Gasteiger partial charge in [-0.1, -0.05) is 30.3 Å². The zero-order valence-electron chi connectivity index (χ0n) is 10.5. The molecule has 0 aliphatic heterocycles. The highest BCUT2D eigenvalue weighted by Crippen LogP contribution is 2.18. The molecular weight excluding hydrogens is 262 g/mol. The van der Waals surface area contributed by atoms with Gasteiger partial charge in [-0.3, -0.25) is 4.57 Å². The van der Waals surface area contributed by atoms with Crippen molar-refractivity contribution in [1.29, 1.82) is 0 Å². The van der Waals surface area contributed by atoms with Gasteiger partial charge in [0.2, 0.25) is 6.33 Å². The average molecular weight is 275 g/mol. The van der Waals surface area contributed by atoms with Crippen LogP contribution in [0.2, 0.25) is 0 Å². The lowest BCUT2D eigenvalue weighted by Crippen LogP contribution is -2.18. The van der Waals surface area contributed by atoms with Gasteiger partial charge < -0.3 is 15.2 Å². The summed E-state index contributed by atoms with van der Waals surface area (Å²) < 4.78 is 1.27. The summed E-state index contributed by atoms with van der Waals surface area (Å²) in [7, 11) is 0. The van der Waals surface area contributed by atoms with E-state index in [-0.39, 0.29) is 5.82 Å². The van der Waals surface area contributed by atoms with Crippen molar-refractivity contribution in [1.82, 2.24) is 9.55 Å². The molecule has 1 N–H and O–H groups in total. The second-order valence-corrected chi connectivity index (χ2v) is 4.31. The molecule has 1 aromatic heterocycles. The summed E-state index contributed by atoms with van der Waals surface area (Å²) in [6, 6.07) is 8.61. The minimum absolute atomic E-state index is 0.340. The first-order valence-corrected chi connectivity index (χ1v) is 6.02. The fraction of sp³-hybridized carbons (Fsp3) is 0.231. The number of aliphatic carboxylic acids is 1. The number of hydrogen-bond acceptors (Lipinski definition) is 4. The Morgan fingerprint density at radius 2 is 2.10 bits per heavy atom. The van der Waals surface area contributed by atoms with Gasteiger partial charge in [0.1, 0.15) is 12.2 Å². The molecule has 1 atom stereocenters. The van der Waals surface area contributed by atoms with Crippen molar-refractivity contribution in [3.05, 3.63) is 58.5 Å². The Morgan fingerprint density at radius 3 is 2.65 bits per heavy atom. The fourth-order valence-corrected chi connectivity index (χ4v) is 1.94. The molecule has 0 radical (unpaired) electrons. The fourth-order valence-electron chi connectivity index (χ4n) is 1.94. The van der Waals surface area contributed by atoms with Gasteiger partial charge in [-0.2, -0.15) is 0 Å². The van der Waals surface area contributed by atoms with Crippen molar-refractivity contribution < 1.29 is 14.8 Å². The third-order valence-electron chi connectivity index (χ3n) is 2.97. The Bertz CT molecular complexity index is 609. The second kappa shape index (κ2) is 5.96. The summed E-state index contributed by atoms with van der Waals surface area (Å²) in [5.41, 5.74) is 1.02. The molecule has 20 heavy (non-hydrogen) atoms. The highest BCUT2D eigenvalue weighted by molar-refractivity contribution is 5.71. The van der Waals surface area contributed by atoms with Gasteiger partial charge in [-0.25, -0.2) is 4.79 Å². The van der Waals surface area contributed by atoms with Crippen molar-refractivity contribution in [3.8, 4) is 0 Å². The van der Waals surface area contributed by atoms with Crippen molar-refractivity contribution in [2.24, 2.45) is 0 Å². The number of carboxylic acids is 1. The lowest BCUT2D eigenvalue weighted by atomic mass is 10.1. The maximum Gasteiger partial charge on any atom is 0.381 e. The van der Waals surface area contributed by atoms with E-state index in [1.807, 2.05) is 30.3 Å². The molecule has 0 amide bonds. The molecule has 1 unspecified atom stereocenters. The molecule has 1 heterocycles. The van der Waals surface area contributed by atoms with Crippen LogP contribution < -0.4 is 0 Å². The van der Waals surface area contributed by atoms with Crippen molar-refractivity contribution in [2.45, 2.75) is 18.9 Å². The van der Waals surface area contributed by atoms with Crippen LogP contribution in [-0.4, -0.2) is 25.6 Å². The highest BCUT2D eigenvalue weighted by Gasteiger charge is 2.22. The van der Waals surface area contributed by atoms with E-state index in [4.69, 9.17) is 0 Å². The summed E-state index contributed by atoms with van der Waals surface area (Å²) in [4.78, 5) is 24.8. The quantitative estimate of drug-likeness (QED) is 0.642. The zero-order chi connectivity index (χ0) is 14.5. The minimum Gasteiger partial charge on any atom is -0.480 e. The molecule has 2 aromatic rings. The van der Waals surface area contributed by atoms with Gasteiger partial charge >= 0.3 is 11.8 Å². The Labute approximate surface area is 114 Å². The number of carbonyl (C=O) groups is 1. The molecule has 1 aromatic carbocycles. The van der Waals surface area contributed by atoms with E-state index >= 15 is 0 Å². The van der Waals surface area contributed by atoms with E-state index in [0.29, 0.717) is 12.8 Å². The third-order valence-corrected chi connectivity index (χ3v) is 2.97. The smallest absolute Gasteiger partial charge is 0.381 e. The predicted molar refractivity (Wildman–Crippen MR) is 70.3 cm³/mol. The molecular formula is C13H13N3O4. The number of aromatic nitrogens is 2. The number of carboxylic acid groups (broad SMARTS) is 1. The van der Waals surface area contributed by atoms with Crippen molar-refractivity contribution in [2.75, 3.05) is 0 Å². The van der Waals surface area contributed by atoms with E-state index in [1.54, 1.807) is 0 Å². The van der Waals surface area contributed by atoms with Gasteiger partial charge in [0.05, 0.1) is 0 Å². The normalized spacial score (nSPS) is 12.0. The predicted octanol–water partition coefficient (Wildman–Crippen LogP) is 2.05. The van der Waals surface area contributed by atoms with Crippen LogP contribution in [0.5, 0.6) is 0 Å². The molecule has 0 bridgehead atoms. The van der Waals surface area contributed by atoms with Crippen LogP contribution in [-0.2, 0) is 11.2 Å². The first-order chi connectivity index (χ1) is 9.58. The molecule has 2 rings (SSSR count). The van der Waals surface area contributed by atoms with Crippen LogP contribution in [0.3, 0.4) is 0 Å². The van der Waals surface area contributed by atoms with Gasteiger partial charge in [-0.05, 0) is 28.3 Å². The second-order valence-electron chi connectivity index (χ2n) is 4.31. The SMILES string of the molecule is O=C(O)C(CCc1ccccc1)n1cnc([N+](=O)[O-])c1. The number of hydrogen-bond donors (Lipinski definition) is 1. The van der Waals surface area contributed by atoms with Gasteiger partial charge in [0, 0.05) is 0 Å². The summed E-state index contributed by atoms with van der Waals surface area (Å²) in [5.74, 6) is -1.39. The molecule has 0 saturated carbocycles. The van der Waals surface area contributed by atoms with E-state index in [0.717, 1.165) is 11.8 Å². The Kier molecular flexibility index (Phi) is 4.09. The maximum atomic E-state index is 11.3. The standard InChI is InChI=1S/C13H13N3O4/c17-13(18)11(7-6-10-4-2-1-3-5-10)15-8-12(14-9-15)16(19)20/h1-5,8-9,11H,6-7H2,(H,17,18). The van der Waals surface area contributed by atoms with E-state index < -0.39 is 16.9 Å². The van der Waals surface area contributed by atoms with Crippen LogP contribution in [0.1, 0.15) is 18.0 Å². The topological polar surface area (TPSA) is 98.3 Å². The molecule has 7 nitrogen and oxygen atoms in total. The number of nitro groups is 1.